The number of carbonyl (C=O) groups excluding carboxylic acids is 1. The maximum atomic E-state index is 14.0. The van der Waals surface area contributed by atoms with Gasteiger partial charge in [-0.3, -0.25) is 5.10 Å². The van der Waals surface area contributed by atoms with Crippen molar-refractivity contribution in [3.05, 3.63) is 107 Å². The van der Waals surface area contributed by atoms with E-state index in [9.17, 15) is 9.18 Å². The van der Waals surface area contributed by atoms with Gasteiger partial charge < -0.3 is 4.74 Å². The van der Waals surface area contributed by atoms with E-state index in [0.717, 1.165) is 64.1 Å². The number of hydrogen-bond donors (Lipinski definition) is 1. The largest absolute Gasteiger partial charge is 0.423 e. The van der Waals surface area contributed by atoms with Gasteiger partial charge in [0, 0.05) is 17.0 Å². The van der Waals surface area contributed by atoms with Gasteiger partial charge in [0.05, 0.1) is 16.7 Å². The molecule has 3 aromatic carbocycles. The van der Waals surface area contributed by atoms with Crippen molar-refractivity contribution >= 4 is 39.6 Å². The zero-order valence-electron chi connectivity index (χ0n) is 18.4. The average molecular weight is 473 g/mol. The van der Waals surface area contributed by atoms with Gasteiger partial charge in [-0.25, -0.2) is 9.18 Å². The normalized spacial score (nSPS) is 14.4. The van der Waals surface area contributed by atoms with Crippen molar-refractivity contribution < 1.29 is 13.9 Å². The maximum Gasteiger partial charge on any atom is 0.335 e. The number of rotatable bonds is 6. The molecule has 1 N–H and O–H groups in total. The summed E-state index contributed by atoms with van der Waals surface area (Å²) in [5.41, 5.74) is 5.29. The molecule has 4 nitrogen and oxygen atoms in total. The van der Waals surface area contributed by atoms with Crippen LogP contribution in [0.5, 0.6) is 5.75 Å². The number of aromatic amines is 1. The number of halogens is 2. The Labute approximate surface area is 201 Å². The quantitative estimate of drug-likeness (QED) is 0.140. The van der Waals surface area contributed by atoms with Crippen molar-refractivity contribution in [3.63, 3.8) is 0 Å². The topological polar surface area (TPSA) is 55.0 Å². The standard InChI is InChI=1S/C28H22ClFN2O2/c1-2-26(33)34-25-9-4-3-8-22(25)28(18-10-13-24-19(14-18)16-31-32-24)27(17-6-5-7-17)21-12-11-20(30)15-23(21)29/h2-4,8-17H,1,5-7H2,(H,31,32)/b28-27+. The smallest absolute Gasteiger partial charge is 0.335 e. The highest BCUT2D eigenvalue weighted by molar-refractivity contribution is 6.32. The van der Waals surface area contributed by atoms with Crippen LogP contribution < -0.4 is 4.74 Å². The molecule has 0 atom stereocenters. The van der Waals surface area contributed by atoms with Crippen LogP contribution in [0.3, 0.4) is 0 Å². The van der Waals surface area contributed by atoms with E-state index in [1.165, 1.54) is 12.1 Å². The first-order valence-electron chi connectivity index (χ1n) is 11.1. The first kappa shape index (κ1) is 22.1. The Morgan fingerprint density at radius 1 is 1.12 bits per heavy atom. The number of ether oxygens (including phenoxy) is 1. The molecule has 5 rings (SSSR count). The zero-order chi connectivity index (χ0) is 23.7. The van der Waals surface area contributed by atoms with Gasteiger partial charge in [0.25, 0.3) is 0 Å². The number of H-pyrrole nitrogens is 1. The Balaban J connectivity index is 1.84. The second-order valence-electron chi connectivity index (χ2n) is 8.33. The minimum Gasteiger partial charge on any atom is -0.423 e. The summed E-state index contributed by atoms with van der Waals surface area (Å²) < 4.78 is 19.6. The third kappa shape index (κ3) is 4.15. The van der Waals surface area contributed by atoms with Crippen molar-refractivity contribution in [2.75, 3.05) is 0 Å². The van der Waals surface area contributed by atoms with Crippen molar-refractivity contribution in [2.24, 2.45) is 5.92 Å². The lowest BCUT2D eigenvalue weighted by Crippen LogP contribution is -2.16. The summed E-state index contributed by atoms with van der Waals surface area (Å²) >= 11 is 6.60. The highest BCUT2D eigenvalue weighted by atomic mass is 35.5. The van der Waals surface area contributed by atoms with E-state index in [2.05, 4.69) is 22.8 Å². The van der Waals surface area contributed by atoms with E-state index >= 15 is 0 Å². The summed E-state index contributed by atoms with van der Waals surface area (Å²) in [6.45, 7) is 3.52. The van der Waals surface area contributed by atoms with E-state index in [4.69, 9.17) is 16.3 Å². The molecule has 0 bridgehead atoms. The molecular formula is C28H22ClFN2O2. The summed E-state index contributed by atoms with van der Waals surface area (Å²) in [5.74, 6) is -0.267. The van der Waals surface area contributed by atoms with Gasteiger partial charge in [-0.1, -0.05) is 54.9 Å². The lowest BCUT2D eigenvalue weighted by atomic mass is 9.73. The van der Waals surface area contributed by atoms with Crippen LogP contribution in [0.25, 0.3) is 22.0 Å². The molecule has 1 aliphatic rings. The van der Waals surface area contributed by atoms with Crippen LogP contribution in [-0.2, 0) is 4.79 Å². The summed E-state index contributed by atoms with van der Waals surface area (Å²) in [7, 11) is 0. The van der Waals surface area contributed by atoms with Gasteiger partial charge in [0.15, 0.2) is 0 Å². The molecule has 0 unspecified atom stereocenters. The number of benzene rings is 3. The van der Waals surface area contributed by atoms with Crippen LogP contribution in [0.15, 0.2) is 79.5 Å². The summed E-state index contributed by atoms with van der Waals surface area (Å²) in [4.78, 5) is 12.1. The Morgan fingerprint density at radius 3 is 2.68 bits per heavy atom. The van der Waals surface area contributed by atoms with E-state index in [1.807, 2.05) is 30.3 Å². The molecule has 1 aromatic heterocycles. The molecule has 0 amide bonds. The van der Waals surface area contributed by atoms with Crippen LogP contribution in [-0.4, -0.2) is 16.2 Å². The number of fused-ring (bicyclic) bond motifs is 1. The minimum absolute atomic E-state index is 0.237. The molecule has 1 fully saturated rings. The highest BCUT2D eigenvalue weighted by Gasteiger charge is 2.30. The van der Waals surface area contributed by atoms with E-state index < -0.39 is 5.97 Å². The molecule has 6 heteroatoms. The predicted molar refractivity (Wildman–Crippen MR) is 133 cm³/mol. The SMILES string of the molecule is C=CC(=O)Oc1ccccc1/C(=C(/c1ccc(F)cc1Cl)C1CCC1)c1ccc2[nH]ncc2c1. The molecule has 34 heavy (non-hydrogen) atoms. The van der Waals surface area contributed by atoms with Gasteiger partial charge in [-0.2, -0.15) is 5.10 Å². The van der Waals surface area contributed by atoms with Crippen molar-refractivity contribution in [3.8, 4) is 5.75 Å². The van der Waals surface area contributed by atoms with Gasteiger partial charge in [0.2, 0.25) is 0 Å². The second-order valence-corrected chi connectivity index (χ2v) is 8.74. The molecule has 1 saturated carbocycles. The second kappa shape index (κ2) is 9.27. The Bertz CT molecular complexity index is 1440. The summed E-state index contributed by atoms with van der Waals surface area (Å²) in [6.07, 6.45) is 6.01. The number of para-hydroxylation sites is 1. The van der Waals surface area contributed by atoms with Crippen LogP contribution in [0, 0.1) is 11.7 Å². The third-order valence-electron chi connectivity index (χ3n) is 6.27. The number of nitrogens with one attached hydrogen (secondary N) is 1. The molecular weight excluding hydrogens is 451 g/mol. The first-order valence-corrected chi connectivity index (χ1v) is 11.5. The molecule has 4 aromatic rings. The molecule has 0 spiro atoms. The number of hydrogen-bond acceptors (Lipinski definition) is 3. The van der Waals surface area contributed by atoms with Crippen molar-refractivity contribution in [1.82, 2.24) is 10.2 Å². The van der Waals surface area contributed by atoms with Crippen LogP contribution in [0.1, 0.15) is 36.0 Å². The molecule has 0 radical (unpaired) electrons. The number of esters is 1. The summed E-state index contributed by atoms with van der Waals surface area (Å²) in [5, 5.41) is 8.43. The number of allylic oxidation sites excluding steroid dienone is 1. The lowest BCUT2D eigenvalue weighted by molar-refractivity contribution is -0.128. The molecule has 0 saturated heterocycles. The first-order chi connectivity index (χ1) is 16.5. The molecule has 1 aliphatic carbocycles. The average Bonchev–Trinajstić information content (AvgIpc) is 3.27. The summed E-state index contributed by atoms with van der Waals surface area (Å²) in [6, 6.07) is 18.0. The van der Waals surface area contributed by atoms with Crippen molar-refractivity contribution in [2.45, 2.75) is 19.3 Å². The monoisotopic (exact) mass is 472 g/mol. The fourth-order valence-corrected chi connectivity index (χ4v) is 4.70. The van der Waals surface area contributed by atoms with Gasteiger partial charge in [-0.15, -0.1) is 0 Å². The number of aromatic nitrogens is 2. The van der Waals surface area contributed by atoms with Crippen LogP contribution >= 0.6 is 11.6 Å². The molecule has 170 valence electrons. The number of nitrogens with zero attached hydrogens (tertiary/aromatic N) is 1. The molecule has 0 aliphatic heterocycles. The van der Waals surface area contributed by atoms with Gasteiger partial charge in [0.1, 0.15) is 11.6 Å². The fraction of sp³-hybridized carbons (Fsp3) is 0.143. The van der Waals surface area contributed by atoms with E-state index in [1.54, 1.807) is 18.3 Å². The van der Waals surface area contributed by atoms with Crippen LogP contribution in [0.2, 0.25) is 5.02 Å². The Morgan fingerprint density at radius 2 is 1.94 bits per heavy atom. The predicted octanol–water partition coefficient (Wildman–Crippen LogP) is 7.21. The van der Waals surface area contributed by atoms with E-state index in [-0.39, 0.29) is 11.7 Å². The van der Waals surface area contributed by atoms with Gasteiger partial charge >= 0.3 is 5.97 Å². The van der Waals surface area contributed by atoms with Gasteiger partial charge in [-0.05, 0) is 71.4 Å². The third-order valence-corrected chi connectivity index (χ3v) is 6.58. The minimum atomic E-state index is -0.540. The van der Waals surface area contributed by atoms with E-state index in [0.29, 0.717) is 10.8 Å². The highest BCUT2D eigenvalue weighted by Crippen LogP contribution is 2.48. The maximum absolute atomic E-state index is 14.0. The van der Waals surface area contributed by atoms with Crippen LogP contribution in [0.4, 0.5) is 4.39 Å². The van der Waals surface area contributed by atoms with Crippen molar-refractivity contribution in [1.29, 1.82) is 0 Å². The molecule has 1 heterocycles. The fourth-order valence-electron chi connectivity index (χ4n) is 4.43. The Hall–Kier alpha value is -3.70. The zero-order valence-corrected chi connectivity index (χ0v) is 19.1. The Kier molecular flexibility index (Phi) is 6.03. The lowest BCUT2D eigenvalue weighted by Gasteiger charge is -2.32. The number of carbonyl (C=O) groups is 1.